The molecule has 0 radical (unpaired) electrons. The van der Waals surface area contributed by atoms with E-state index in [2.05, 4.69) is 0 Å². The molecule has 0 fully saturated rings. The highest BCUT2D eigenvalue weighted by atomic mass is 19.1. The highest BCUT2D eigenvalue weighted by molar-refractivity contribution is 5.99. The lowest BCUT2D eigenvalue weighted by atomic mass is 9.82. The van der Waals surface area contributed by atoms with Crippen molar-refractivity contribution >= 4 is 11.9 Å². The average Bonchev–Trinajstić information content (AvgIpc) is 2.53. The van der Waals surface area contributed by atoms with E-state index >= 15 is 0 Å². The molecule has 22 heavy (non-hydrogen) atoms. The van der Waals surface area contributed by atoms with E-state index in [1.807, 2.05) is 6.92 Å². The number of carbonyl (C=O) groups is 2. The summed E-state index contributed by atoms with van der Waals surface area (Å²) >= 11 is 0. The summed E-state index contributed by atoms with van der Waals surface area (Å²) < 4.78 is 23.8. The van der Waals surface area contributed by atoms with E-state index in [0.29, 0.717) is 6.42 Å². The third-order valence-corrected chi connectivity index (χ3v) is 3.74. The molecule has 0 aromatic heterocycles. The zero-order valence-corrected chi connectivity index (χ0v) is 13.4. The minimum absolute atomic E-state index is 0.200. The second kappa shape index (κ2) is 8.51. The zero-order chi connectivity index (χ0) is 16.6. The minimum Gasteiger partial charge on any atom is -0.465 e. The van der Waals surface area contributed by atoms with Crippen molar-refractivity contribution < 1.29 is 23.5 Å². The molecule has 0 saturated heterocycles. The molecule has 1 aromatic carbocycles. The van der Waals surface area contributed by atoms with Crippen LogP contribution < -0.4 is 0 Å². The maximum absolute atomic E-state index is 13.5. The van der Waals surface area contributed by atoms with Gasteiger partial charge in [-0.1, -0.05) is 39.0 Å². The van der Waals surface area contributed by atoms with E-state index in [0.717, 1.165) is 0 Å². The molecule has 0 spiro atoms. The van der Waals surface area contributed by atoms with Crippen molar-refractivity contribution in [1.29, 1.82) is 0 Å². The van der Waals surface area contributed by atoms with Gasteiger partial charge in [0.1, 0.15) is 12.4 Å². The maximum atomic E-state index is 13.5. The van der Waals surface area contributed by atoms with Gasteiger partial charge in [-0.05, 0) is 25.3 Å². The molecule has 0 bridgehead atoms. The van der Waals surface area contributed by atoms with Crippen LogP contribution in [0.3, 0.4) is 0 Å². The van der Waals surface area contributed by atoms with Crippen molar-refractivity contribution in [3.8, 4) is 0 Å². The van der Waals surface area contributed by atoms with Gasteiger partial charge in [-0.2, -0.15) is 0 Å². The summed E-state index contributed by atoms with van der Waals surface area (Å²) in [6.07, 6.45) is 1.24. The number of hydrogen-bond acceptors (Lipinski definition) is 4. The first-order valence-electron chi connectivity index (χ1n) is 7.59. The van der Waals surface area contributed by atoms with Crippen molar-refractivity contribution in [2.45, 2.75) is 46.6 Å². The van der Waals surface area contributed by atoms with Crippen molar-refractivity contribution in [2.24, 2.45) is 5.41 Å². The Hall–Kier alpha value is -1.91. The number of hydrogen-bond donors (Lipinski definition) is 0. The Kier molecular flexibility index (Phi) is 7.02. The van der Waals surface area contributed by atoms with Crippen LogP contribution in [-0.4, -0.2) is 18.5 Å². The first-order chi connectivity index (χ1) is 10.5. The predicted octanol–water partition coefficient (Wildman–Crippen LogP) is 3.63. The largest absolute Gasteiger partial charge is 0.465 e. The van der Waals surface area contributed by atoms with E-state index in [4.69, 9.17) is 9.47 Å². The molecule has 1 aromatic rings. The molecule has 0 atom stereocenters. The number of halogens is 1. The molecule has 0 aliphatic heterocycles. The second-order valence-corrected chi connectivity index (χ2v) is 5.09. The third-order valence-electron chi connectivity index (χ3n) is 3.74. The molecule has 0 N–H and O–H groups in total. The Morgan fingerprint density at radius 2 is 1.64 bits per heavy atom. The van der Waals surface area contributed by atoms with Crippen LogP contribution in [-0.2, 0) is 25.7 Å². The lowest BCUT2D eigenvalue weighted by Crippen LogP contribution is -2.41. The molecule has 5 heteroatoms. The van der Waals surface area contributed by atoms with Gasteiger partial charge in [0.25, 0.3) is 0 Å². The number of esters is 2. The van der Waals surface area contributed by atoms with Gasteiger partial charge in [0.05, 0.1) is 6.61 Å². The topological polar surface area (TPSA) is 52.6 Å². The molecule has 0 amide bonds. The fourth-order valence-electron chi connectivity index (χ4n) is 2.14. The SMILES string of the molecule is CCCOC(=O)C(CC)(CC)C(=O)OCc1ccccc1F. The van der Waals surface area contributed by atoms with E-state index in [9.17, 15) is 14.0 Å². The quantitative estimate of drug-likeness (QED) is 0.543. The second-order valence-electron chi connectivity index (χ2n) is 5.09. The fraction of sp³-hybridized carbons (Fsp3) is 0.529. The van der Waals surface area contributed by atoms with Crippen molar-refractivity contribution in [1.82, 2.24) is 0 Å². The molecule has 0 aliphatic carbocycles. The number of rotatable bonds is 8. The monoisotopic (exact) mass is 310 g/mol. The van der Waals surface area contributed by atoms with E-state index < -0.39 is 23.2 Å². The lowest BCUT2D eigenvalue weighted by molar-refractivity contribution is -0.174. The van der Waals surface area contributed by atoms with Crippen LogP contribution in [0.2, 0.25) is 0 Å². The fourth-order valence-corrected chi connectivity index (χ4v) is 2.14. The average molecular weight is 310 g/mol. The van der Waals surface area contributed by atoms with Crippen molar-refractivity contribution in [3.05, 3.63) is 35.6 Å². The Morgan fingerprint density at radius 3 is 2.18 bits per heavy atom. The molecule has 4 nitrogen and oxygen atoms in total. The van der Waals surface area contributed by atoms with Gasteiger partial charge in [0, 0.05) is 5.56 Å². The summed E-state index contributed by atoms with van der Waals surface area (Å²) in [5, 5.41) is 0. The minimum atomic E-state index is -1.32. The molecule has 122 valence electrons. The van der Waals surface area contributed by atoms with Crippen LogP contribution in [0.1, 0.15) is 45.6 Å². The van der Waals surface area contributed by atoms with Gasteiger partial charge in [0.2, 0.25) is 0 Å². The summed E-state index contributed by atoms with van der Waals surface area (Å²) in [5.74, 6) is -1.68. The summed E-state index contributed by atoms with van der Waals surface area (Å²) in [6.45, 7) is 5.42. The predicted molar refractivity (Wildman–Crippen MR) is 80.5 cm³/mol. The van der Waals surface area contributed by atoms with Gasteiger partial charge >= 0.3 is 11.9 Å². The summed E-state index contributed by atoms with van der Waals surface area (Å²) in [4.78, 5) is 24.6. The van der Waals surface area contributed by atoms with Gasteiger partial charge < -0.3 is 9.47 Å². The Labute approximate surface area is 130 Å². The van der Waals surface area contributed by atoms with Crippen LogP contribution in [0.25, 0.3) is 0 Å². The highest BCUT2D eigenvalue weighted by Gasteiger charge is 2.45. The van der Waals surface area contributed by atoms with Crippen LogP contribution >= 0.6 is 0 Å². The molecule has 0 saturated carbocycles. The summed E-state index contributed by atoms with van der Waals surface area (Å²) in [5.41, 5.74) is -1.04. The first-order valence-corrected chi connectivity index (χ1v) is 7.59. The maximum Gasteiger partial charge on any atom is 0.323 e. The highest BCUT2D eigenvalue weighted by Crippen LogP contribution is 2.30. The Morgan fingerprint density at radius 1 is 1.05 bits per heavy atom. The molecule has 0 heterocycles. The summed E-state index contributed by atoms with van der Waals surface area (Å²) in [7, 11) is 0. The standard InChI is InChI=1S/C17H23FO4/c1-4-11-21-15(19)17(5-2,6-3)16(20)22-12-13-9-7-8-10-14(13)18/h7-10H,4-6,11-12H2,1-3H3. The zero-order valence-electron chi connectivity index (χ0n) is 13.4. The Bertz CT molecular complexity index is 509. The van der Waals surface area contributed by atoms with E-state index in [1.54, 1.807) is 26.0 Å². The number of ether oxygens (including phenoxy) is 2. The first kappa shape index (κ1) is 18.1. The number of carbonyl (C=O) groups excluding carboxylic acids is 2. The van der Waals surface area contributed by atoms with Gasteiger partial charge in [-0.3, -0.25) is 9.59 Å². The molecule has 0 unspecified atom stereocenters. The smallest absolute Gasteiger partial charge is 0.323 e. The van der Waals surface area contributed by atoms with Gasteiger partial charge in [0.15, 0.2) is 5.41 Å². The van der Waals surface area contributed by atoms with E-state index in [-0.39, 0.29) is 31.6 Å². The lowest BCUT2D eigenvalue weighted by Gasteiger charge is -2.26. The molecular formula is C17H23FO4. The van der Waals surface area contributed by atoms with Crippen molar-refractivity contribution in [2.75, 3.05) is 6.61 Å². The number of benzene rings is 1. The van der Waals surface area contributed by atoms with Crippen LogP contribution in [0, 0.1) is 11.2 Å². The van der Waals surface area contributed by atoms with Crippen LogP contribution in [0.15, 0.2) is 24.3 Å². The van der Waals surface area contributed by atoms with E-state index in [1.165, 1.54) is 12.1 Å². The van der Waals surface area contributed by atoms with Crippen molar-refractivity contribution in [3.63, 3.8) is 0 Å². The molecule has 0 aliphatic rings. The van der Waals surface area contributed by atoms with Gasteiger partial charge in [-0.15, -0.1) is 0 Å². The normalized spacial score (nSPS) is 11.1. The Balaban J connectivity index is 2.81. The van der Waals surface area contributed by atoms with Crippen LogP contribution in [0.4, 0.5) is 4.39 Å². The van der Waals surface area contributed by atoms with Crippen LogP contribution in [0.5, 0.6) is 0 Å². The molecular weight excluding hydrogens is 287 g/mol. The molecule has 1 rings (SSSR count). The third kappa shape index (κ3) is 4.06. The summed E-state index contributed by atoms with van der Waals surface area (Å²) in [6, 6.07) is 6.06. The van der Waals surface area contributed by atoms with Gasteiger partial charge in [-0.25, -0.2) is 4.39 Å².